The van der Waals surface area contributed by atoms with Crippen LogP contribution in [0.4, 0.5) is 10.5 Å². The van der Waals surface area contributed by atoms with Crippen LogP contribution in [-0.4, -0.2) is 12.1 Å². The van der Waals surface area contributed by atoms with Gasteiger partial charge in [0.1, 0.15) is 0 Å². The van der Waals surface area contributed by atoms with Gasteiger partial charge in [0.15, 0.2) is 0 Å². The Morgan fingerprint density at radius 3 is 2.67 bits per heavy atom. The summed E-state index contributed by atoms with van der Waals surface area (Å²) in [5.74, 6) is 0.585. The second-order valence-corrected chi connectivity index (χ2v) is 5.28. The van der Waals surface area contributed by atoms with Crippen molar-refractivity contribution in [2.45, 2.75) is 45.6 Å². The predicted molar refractivity (Wildman–Crippen MR) is 74.8 cm³/mol. The van der Waals surface area contributed by atoms with E-state index in [0.717, 1.165) is 17.7 Å². The van der Waals surface area contributed by atoms with E-state index in [-0.39, 0.29) is 6.03 Å². The summed E-state index contributed by atoms with van der Waals surface area (Å²) >= 11 is 0. The fraction of sp³-hybridized carbons (Fsp3) is 0.533. The molecule has 2 rings (SSSR count). The highest BCUT2D eigenvalue weighted by molar-refractivity contribution is 5.90. The molecule has 3 heteroatoms. The van der Waals surface area contributed by atoms with Gasteiger partial charge in [0, 0.05) is 11.7 Å². The van der Waals surface area contributed by atoms with Gasteiger partial charge in [0.2, 0.25) is 0 Å². The van der Waals surface area contributed by atoms with Crippen molar-refractivity contribution in [2.24, 2.45) is 5.92 Å². The maximum atomic E-state index is 12.0. The Morgan fingerprint density at radius 1 is 1.22 bits per heavy atom. The van der Waals surface area contributed by atoms with Gasteiger partial charge in [0.05, 0.1) is 0 Å². The fourth-order valence-electron chi connectivity index (χ4n) is 2.57. The van der Waals surface area contributed by atoms with Gasteiger partial charge in [-0.3, -0.25) is 0 Å². The van der Waals surface area contributed by atoms with Crippen molar-refractivity contribution in [3.8, 4) is 0 Å². The van der Waals surface area contributed by atoms with Gasteiger partial charge < -0.3 is 10.6 Å². The highest BCUT2D eigenvalue weighted by atomic mass is 16.2. The molecule has 1 saturated carbocycles. The topological polar surface area (TPSA) is 41.1 Å². The molecule has 1 aliphatic carbocycles. The Hall–Kier alpha value is -1.51. The third kappa shape index (κ3) is 3.25. The Balaban J connectivity index is 1.90. The van der Waals surface area contributed by atoms with Crippen LogP contribution in [0.5, 0.6) is 0 Å². The van der Waals surface area contributed by atoms with Gasteiger partial charge in [-0.2, -0.15) is 0 Å². The number of carbonyl (C=O) groups excluding carboxylic acids is 1. The van der Waals surface area contributed by atoms with Crippen LogP contribution in [0.1, 0.15) is 38.2 Å². The standard InChI is InChI=1S/C15H22N2O/c1-11-7-3-5-9-13(11)16-15(18)17-14-10-6-4-8-12(14)2/h3,5,7,9,12,14H,4,6,8,10H2,1-2H3,(H2,16,17,18)/t12-,14+/m1/s1. The normalized spacial score (nSPS) is 23.4. The lowest BCUT2D eigenvalue weighted by molar-refractivity contribution is 0.232. The minimum atomic E-state index is -0.0805. The number of carbonyl (C=O) groups is 1. The molecular weight excluding hydrogens is 224 g/mol. The first kappa shape index (κ1) is 12.9. The minimum Gasteiger partial charge on any atom is -0.335 e. The van der Waals surface area contributed by atoms with Gasteiger partial charge in [0.25, 0.3) is 0 Å². The predicted octanol–water partition coefficient (Wildman–Crippen LogP) is 3.70. The second-order valence-electron chi connectivity index (χ2n) is 5.28. The summed E-state index contributed by atoms with van der Waals surface area (Å²) in [6, 6.07) is 8.08. The summed E-state index contributed by atoms with van der Waals surface area (Å²) in [5, 5.41) is 6.02. The molecular formula is C15H22N2O. The van der Waals surface area contributed by atoms with E-state index >= 15 is 0 Å². The van der Waals surface area contributed by atoms with Crippen molar-refractivity contribution < 1.29 is 4.79 Å². The molecule has 2 amide bonds. The van der Waals surface area contributed by atoms with Crippen molar-refractivity contribution in [1.82, 2.24) is 5.32 Å². The van der Waals surface area contributed by atoms with E-state index in [9.17, 15) is 4.79 Å². The molecule has 0 radical (unpaired) electrons. The second kappa shape index (κ2) is 5.89. The lowest BCUT2D eigenvalue weighted by Gasteiger charge is -2.29. The molecule has 0 unspecified atom stereocenters. The quantitative estimate of drug-likeness (QED) is 0.821. The number of hydrogen-bond donors (Lipinski definition) is 2. The molecule has 2 atom stereocenters. The minimum absolute atomic E-state index is 0.0805. The van der Waals surface area contributed by atoms with Gasteiger partial charge in [-0.05, 0) is 37.3 Å². The Bertz CT molecular complexity index is 417. The molecule has 1 aromatic rings. The van der Waals surface area contributed by atoms with Gasteiger partial charge in [-0.25, -0.2) is 4.79 Å². The number of amides is 2. The van der Waals surface area contributed by atoms with Crippen LogP contribution in [0.3, 0.4) is 0 Å². The van der Waals surface area contributed by atoms with Crippen LogP contribution in [0.25, 0.3) is 0 Å². The summed E-state index contributed by atoms with van der Waals surface area (Å²) in [7, 11) is 0. The highest BCUT2D eigenvalue weighted by Crippen LogP contribution is 2.23. The maximum absolute atomic E-state index is 12.0. The highest BCUT2D eigenvalue weighted by Gasteiger charge is 2.22. The SMILES string of the molecule is Cc1ccccc1NC(=O)N[C@H]1CCCC[C@H]1C. The van der Waals surface area contributed by atoms with E-state index in [2.05, 4.69) is 17.6 Å². The van der Waals surface area contributed by atoms with Crippen LogP contribution in [0.15, 0.2) is 24.3 Å². The van der Waals surface area contributed by atoms with E-state index in [4.69, 9.17) is 0 Å². The lowest BCUT2D eigenvalue weighted by Crippen LogP contribution is -2.43. The molecule has 0 heterocycles. The maximum Gasteiger partial charge on any atom is 0.319 e. The smallest absolute Gasteiger partial charge is 0.319 e. The van der Waals surface area contributed by atoms with E-state index in [1.807, 2.05) is 31.2 Å². The monoisotopic (exact) mass is 246 g/mol. The average molecular weight is 246 g/mol. The van der Waals surface area contributed by atoms with Crippen LogP contribution >= 0.6 is 0 Å². The third-order valence-corrected chi connectivity index (χ3v) is 3.82. The number of urea groups is 1. The van der Waals surface area contributed by atoms with E-state index in [1.165, 1.54) is 19.3 Å². The molecule has 0 spiro atoms. The van der Waals surface area contributed by atoms with Gasteiger partial charge in [-0.15, -0.1) is 0 Å². The van der Waals surface area contributed by atoms with Crippen LogP contribution in [0.2, 0.25) is 0 Å². The molecule has 0 bridgehead atoms. The molecule has 98 valence electrons. The van der Waals surface area contributed by atoms with Crippen molar-refractivity contribution in [2.75, 3.05) is 5.32 Å². The van der Waals surface area contributed by atoms with Crippen molar-refractivity contribution in [3.05, 3.63) is 29.8 Å². The summed E-state index contributed by atoms with van der Waals surface area (Å²) in [5.41, 5.74) is 1.97. The van der Waals surface area contributed by atoms with Crippen LogP contribution < -0.4 is 10.6 Å². The molecule has 2 N–H and O–H groups in total. The zero-order valence-corrected chi connectivity index (χ0v) is 11.2. The zero-order chi connectivity index (χ0) is 13.0. The molecule has 3 nitrogen and oxygen atoms in total. The summed E-state index contributed by atoms with van der Waals surface area (Å²) in [6.45, 7) is 4.22. The van der Waals surface area contributed by atoms with Crippen molar-refractivity contribution in [3.63, 3.8) is 0 Å². The zero-order valence-electron chi connectivity index (χ0n) is 11.2. The number of hydrogen-bond acceptors (Lipinski definition) is 1. The first-order chi connectivity index (χ1) is 8.66. The molecule has 0 saturated heterocycles. The average Bonchev–Trinajstić information content (AvgIpc) is 2.35. The molecule has 0 aliphatic heterocycles. The number of aryl methyl sites for hydroxylation is 1. The lowest BCUT2D eigenvalue weighted by atomic mass is 9.86. The third-order valence-electron chi connectivity index (χ3n) is 3.82. The molecule has 0 aromatic heterocycles. The number of para-hydroxylation sites is 1. The van der Waals surface area contributed by atoms with Crippen molar-refractivity contribution in [1.29, 1.82) is 0 Å². The summed E-state index contributed by atoms with van der Waals surface area (Å²) in [6.07, 6.45) is 4.83. The van der Waals surface area contributed by atoms with E-state index in [1.54, 1.807) is 0 Å². The Morgan fingerprint density at radius 2 is 1.94 bits per heavy atom. The Kier molecular flexibility index (Phi) is 4.24. The number of nitrogens with one attached hydrogen (secondary N) is 2. The number of rotatable bonds is 2. The van der Waals surface area contributed by atoms with E-state index in [0.29, 0.717) is 12.0 Å². The van der Waals surface area contributed by atoms with Crippen molar-refractivity contribution >= 4 is 11.7 Å². The van der Waals surface area contributed by atoms with Gasteiger partial charge >= 0.3 is 6.03 Å². The fourth-order valence-corrected chi connectivity index (χ4v) is 2.57. The molecule has 1 fully saturated rings. The van der Waals surface area contributed by atoms with Crippen LogP contribution in [0, 0.1) is 12.8 Å². The summed E-state index contributed by atoms with van der Waals surface area (Å²) < 4.78 is 0. The first-order valence-electron chi connectivity index (χ1n) is 6.80. The molecule has 1 aromatic carbocycles. The first-order valence-corrected chi connectivity index (χ1v) is 6.80. The number of benzene rings is 1. The largest absolute Gasteiger partial charge is 0.335 e. The van der Waals surface area contributed by atoms with Crippen LogP contribution in [-0.2, 0) is 0 Å². The molecule has 1 aliphatic rings. The molecule has 18 heavy (non-hydrogen) atoms. The Labute approximate surface area is 109 Å². The van der Waals surface area contributed by atoms with Gasteiger partial charge in [-0.1, -0.05) is 38.0 Å². The van der Waals surface area contributed by atoms with E-state index < -0.39 is 0 Å². The number of anilines is 1. The summed E-state index contributed by atoms with van der Waals surface area (Å²) in [4.78, 5) is 12.0.